The van der Waals surface area contributed by atoms with Gasteiger partial charge in [0.05, 0.1) is 28.1 Å². The molecule has 2 aliphatic carbocycles. The van der Waals surface area contributed by atoms with E-state index in [1.54, 1.807) is 13.0 Å². The molecule has 1 aromatic heterocycles. The highest BCUT2D eigenvalue weighted by atomic mass is 32.2. The van der Waals surface area contributed by atoms with Gasteiger partial charge in [-0.15, -0.1) is 0 Å². The average Bonchev–Trinajstić information content (AvgIpc) is 4.04. The molecule has 4 amide bonds. The molecule has 5 atom stereocenters. The van der Waals surface area contributed by atoms with Crippen LogP contribution in [0.1, 0.15) is 102 Å². The topological polar surface area (TPSA) is 173 Å². The molecule has 2 aromatic rings. The number of halogens is 6. The second kappa shape index (κ2) is 14.8. The molecule has 7 rings (SSSR count). The van der Waals surface area contributed by atoms with Crippen LogP contribution < -0.4 is 20.1 Å². The van der Waals surface area contributed by atoms with Gasteiger partial charge in [0, 0.05) is 23.3 Å². The van der Waals surface area contributed by atoms with Gasteiger partial charge in [-0.3, -0.25) is 19.1 Å². The summed E-state index contributed by atoms with van der Waals surface area (Å²) in [5.74, 6) is -3.09. The molecule has 0 unspecified atom stereocenters. The first-order valence-corrected chi connectivity index (χ1v) is 21.4. The molecular weight excluding hydrogens is 825 g/mol. The third kappa shape index (κ3) is 8.11. The number of sulfonamides is 1. The summed E-state index contributed by atoms with van der Waals surface area (Å²) in [5.41, 5.74) is -5.81. The van der Waals surface area contributed by atoms with Crippen LogP contribution >= 0.6 is 0 Å². The molecule has 1 saturated heterocycles. The normalized spacial score (nSPS) is 28.8. The van der Waals surface area contributed by atoms with Crippen LogP contribution in [0.2, 0.25) is 0 Å². The van der Waals surface area contributed by atoms with E-state index in [9.17, 15) is 53.9 Å². The van der Waals surface area contributed by atoms with E-state index in [-0.39, 0.29) is 49.8 Å². The Hall–Kier alpha value is -4.62. The first kappa shape index (κ1) is 43.5. The molecule has 2 saturated carbocycles. The van der Waals surface area contributed by atoms with Crippen LogP contribution in [0, 0.1) is 12.8 Å². The predicted octanol–water partition coefficient (Wildman–Crippen LogP) is 6.06. The number of hydrogen-bond donors (Lipinski definition) is 3. The molecule has 3 aliphatic heterocycles. The summed E-state index contributed by atoms with van der Waals surface area (Å²) in [7, 11) is -4.13. The largest absolute Gasteiger partial charge is 0.483 e. The van der Waals surface area contributed by atoms with Crippen LogP contribution in [-0.4, -0.2) is 88.4 Å². The summed E-state index contributed by atoms with van der Waals surface area (Å²) in [6.45, 7) is 4.11. The van der Waals surface area contributed by atoms with Gasteiger partial charge in [-0.2, -0.15) is 26.3 Å². The van der Waals surface area contributed by atoms with E-state index >= 15 is 0 Å². The number of fused-ring (bicyclic) bond motifs is 5. The number of carbonyl (C=O) groups excluding carboxylic acids is 4. The zero-order chi connectivity index (χ0) is 43.8. The fraction of sp³-hybridized carbons (Fsp3) is 0.625. The summed E-state index contributed by atoms with van der Waals surface area (Å²) < 4.78 is 121. The van der Waals surface area contributed by atoms with Gasteiger partial charge in [0.15, 0.2) is 0 Å². The molecule has 328 valence electrons. The maximum absolute atomic E-state index is 14.7. The molecule has 1 aromatic carbocycles. The van der Waals surface area contributed by atoms with Crippen molar-refractivity contribution in [1.29, 1.82) is 0 Å². The van der Waals surface area contributed by atoms with Crippen LogP contribution in [0.25, 0.3) is 10.9 Å². The molecule has 0 radical (unpaired) electrons. The number of benzene rings is 1. The van der Waals surface area contributed by atoms with Gasteiger partial charge in [0.1, 0.15) is 29.0 Å². The summed E-state index contributed by atoms with van der Waals surface area (Å²) >= 11 is 0. The fourth-order valence-corrected chi connectivity index (χ4v) is 9.64. The zero-order valence-electron chi connectivity index (χ0n) is 33.4. The van der Waals surface area contributed by atoms with Gasteiger partial charge in [-0.1, -0.05) is 25.0 Å². The van der Waals surface area contributed by atoms with Crippen molar-refractivity contribution in [2.75, 3.05) is 6.54 Å². The lowest BCUT2D eigenvalue weighted by molar-refractivity contribution is -0.244. The van der Waals surface area contributed by atoms with Crippen molar-refractivity contribution in [1.82, 2.24) is 25.2 Å². The number of rotatable bonds is 5. The highest BCUT2D eigenvalue weighted by Crippen LogP contribution is 2.49. The summed E-state index contributed by atoms with van der Waals surface area (Å²) in [6.07, 6.45) is -4.91. The van der Waals surface area contributed by atoms with Crippen LogP contribution in [0.15, 0.2) is 30.4 Å². The molecule has 1 spiro atoms. The van der Waals surface area contributed by atoms with Crippen molar-refractivity contribution in [2.45, 2.75) is 144 Å². The molecular formula is C40H47F6N5O8S. The first-order valence-electron chi connectivity index (χ1n) is 19.9. The Morgan fingerprint density at radius 2 is 1.75 bits per heavy atom. The van der Waals surface area contributed by atoms with Crippen molar-refractivity contribution in [3.05, 3.63) is 47.2 Å². The Labute approximate surface area is 342 Å². The van der Waals surface area contributed by atoms with E-state index < -0.39 is 91.2 Å². The number of ether oxygens (including phenoxy) is 2. The van der Waals surface area contributed by atoms with E-state index in [0.717, 1.165) is 17.0 Å². The van der Waals surface area contributed by atoms with Crippen molar-refractivity contribution < 1.29 is 63.4 Å². The van der Waals surface area contributed by atoms with E-state index in [0.29, 0.717) is 69.1 Å². The van der Waals surface area contributed by atoms with Gasteiger partial charge >= 0.3 is 18.4 Å². The minimum absolute atomic E-state index is 0.0475. The number of alkyl carbamates (subject to hydrolysis) is 1. The third-order valence-corrected chi connectivity index (χ3v) is 14.8. The van der Waals surface area contributed by atoms with Crippen molar-refractivity contribution in [3.63, 3.8) is 0 Å². The fourth-order valence-electron chi connectivity index (χ4n) is 8.33. The van der Waals surface area contributed by atoms with Gasteiger partial charge in [0.2, 0.25) is 27.4 Å². The highest BCUT2D eigenvalue weighted by Gasteiger charge is 2.64. The number of alkyl halides is 6. The number of aryl methyl sites for hydroxylation is 2. The lowest BCUT2D eigenvalue weighted by Crippen LogP contribution is -2.59. The van der Waals surface area contributed by atoms with Gasteiger partial charge in [0.25, 0.3) is 5.91 Å². The van der Waals surface area contributed by atoms with Gasteiger partial charge in [-0.25, -0.2) is 18.2 Å². The second-order valence-electron chi connectivity index (χ2n) is 17.5. The lowest BCUT2D eigenvalue weighted by atomic mass is 9.87. The van der Waals surface area contributed by atoms with Crippen LogP contribution in [-0.2, 0) is 41.7 Å². The Bertz CT molecular complexity index is 2260. The number of hydrogen-bond acceptors (Lipinski definition) is 9. The second-order valence-corrected chi connectivity index (χ2v) is 19.7. The Morgan fingerprint density at radius 1 is 1.03 bits per heavy atom. The Morgan fingerprint density at radius 3 is 2.42 bits per heavy atom. The predicted molar refractivity (Wildman–Crippen MR) is 203 cm³/mol. The molecule has 4 heterocycles. The van der Waals surface area contributed by atoms with Crippen molar-refractivity contribution in [3.8, 4) is 5.75 Å². The van der Waals surface area contributed by atoms with Gasteiger partial charge < -0.3 is 25.0 Å². The maximum Gasteiger partial charge on any atom is 0.427 e. The maximum atomic E-state index is 14.7. The van der Waals surface area contributed by atoms with Crippen LogP contribution in [0.3, 0.4) is 0 Å². The van der Waals surface area contributed by atoms with E-state index in [4.69, 9.17) is 9.47 Å². The molecule has 60 heavy (non-hydrogen) atoms. The number of pyridine rings is 1. The molecule has 13 nitrogen and oxygen atoms in total. The van der Waals surface area contributed by atoms with E-state index in [1.807, 2.05) is 6.08 Å². The number of allylic oxidation sites excluding steroid dienone is 1. The minimum Gasteiger partial charge on any atom is -0.483 e. The van der Waals surface area contributed by atoms with Gasteiger partial charge in [-0.05, 0) is 97.3 Å². The standard InChI is InChI=1S/C40H47F6N5O8S/c1-22-30-25(26-18-23(39(41,42)43)12-13-27(26)47-22)14-15-37(58-30)20-29-31(52)49-38(33(54)50-60(56,57)36(4)16-17-36)19-24(38)10-8-6-5-7-9-11-28(32(53)51(29)21-37)48-34(55)59-35(2,3)40(44,45)46/h8,10,12-13,18,24,28-29H,5-7,9,11,14-17,19-21H2,1-4H3,(H,48,55)(H,49,52)(H,50,54)/b10-8-/t24-,28+,29+,37-,38-/m1/s1. The smallest absolute Gasteiger partial charge is 0.427 e. The number of aromatic nitrogens is 1. The molecule has 20 heteroatoms. The zero-order valence-corrected chi connectivity index (χ0v) is 34.3. The molecule has 5 aliphatic rings. The number of nitrogens with one attached hydrogen (secondary N) is 3. The average molecular weight is 872 g/mol. The van der Waals surface area contributed by atoms with Crippen LogP contribution in [0.5, 0.6) is 5.75 Å². The SMILES string of the molecule is Cc1nc2ccc(C(F)(F)F)cc2c2c1O[C@]1(CC2)C[C@H]2C(=O)N[C@]3(C(=O)NS(=O)(=O)C4(C)CC4)C[C@H]3/C=C\CCCCC[C@H](NC(=O)OC(C)(C)C(F)(F)F)C(=O)N2C1. The molecule has 3 N–H and O–H groups in total. The van der Waals surface area contributed by atoms with E-state index in [1.165, 1.54) is 13.0 Å². The van der Waals surface area contributed by atoms with E-state index in [2.05, 4.69) is 20.3 Å². The first-order chi connectivity index (χ1) is 27.8. The molecule has 0 bridgehead atoms. The van der Waals surface area contributed by atoms with Crippen molar-refractivity contribution in [2.24, 2.45) is 5.92 Å². The molecule has 3 fully saturated rings. The van der Waals surface area contributed by atoms with Crippen LogP contribution in [0.4, 0.5) is 31.1 Å². The quantitative estimate of drug-likeness (QED) is 0.239. The van der Waals surface area contributed by atoms with Crippen molar-refractivity contribution >= 4 is 44.7 Å². The Kier molecular flexibility index (Phi) is 10.7. The number of nitrogens with zero attached hydrogens (tertiary/aromatic N) is 2. The Balaban J connectivity index is 1.24. The number of amides is 4. The summed E-state index contributed by atoms with van der Waals surface area (Å²) in [6, 6.07) is 0.280. The lowest BCUT2D eigenvalue weighted by Gasteiger charge is -2.37. The number of carbonyl (C=O) groups is 4. The minimum atomic E-state index is -4.95. The summed E-state index contributed by atoms with van der Waals surface area (Å²) in [4.78, 5) is 61.8. The summed E-state index contributed by atoms with van der Waals surface area (Å²) in [5, 5.41) is 5.25. The third-order valence-electron chi connectivity index (χ3n) is 12.6. The monoisotopic (exact) mass is 871 g/mol. The highest BCUT2D eigenvalue weighted by molar-refractivity contribution is 7.91.